The van der Waals surface area contributed by atoms with Crippen LogP contribution in [0.15, 0.2) is 71.6 Å². The molecule has 0 atom stereocenters. The van der Waals surface area contributed by atoms with Crippen LogP contribution in [0.4, 0.5) is 15.8 Å². The van der Waals surface area contributed by atoms with Gasteiger partial charge in [0.1, 0.15) is 11.6 Å². The fourth-order valence-electron chi connectivity index (χ4n) is 2.61. The molecule has 1 amide bonds. The number of hydrogen-bond donors (Lipinski definition) is 2. The molecule has 29 heavy (non-hydrogen) atoms. The molecule has 150 valence electrons. The monoisotopic (exact) mass is 414 g/mol. The molecule has 0 saturated heterocycles. The van der Waals surface area contributed by atoms with E-state index in [0.29, 0.717) is 11.4 Å². The molecular weight excluding hydrogens is 395 g/mol. The summed E-state index contributed by atoms with van der Waals surface area (Å²) in [6.07, 6.45) is 0. The van der Waals surface area contributed by atoms with E-state index >= 15 is 0 Å². The standard InChI is InChI=1S/C21H19FN2O4S/c1-14-3-10-18(11-4-14)29(26,27)24-17-8-6-16(7-9-17)23-21(25)19-13-15(22)5-12-20(19)28-2/h3-13,24H,1-2H3,(H,23,25). The molecule has 0 bridgehead atoms. The molecule has 0 fully saturated rings. The summed E-state index contributed by atoms with van der Waals surface area (Å²) in [6, 6.07) is 16.2. The zero-order valence-corrected chi connectivity index (χ0v) is 16.6. The van der Waals surface area contributed by atoms with Crippen LogP contribution < -0.4 is 14.8 Å². The number of nitrogens with one attached hydrogen (secondary N) is 2. The van der Waals surface area contributed by atoms with Crippen LogP contribution in [-0.2, 0) is 10.0 Å². The Hall–Kier alpha value is -3.39. The number of sulfonamides is 1. The van der Waals surface area contributed by atoms with Gasteiger partial charge in [0.2, 0.25) is 0 Å². The van der Waals surface area contributed by atoms with Crippen LogP contribution in [-0.4, -0.2) is 21.4 Å². The quantitative estimate of drug-likeness (QED) is 0.633. The first-order valence-electron chi connectivity index (χ1n) is 8.63. The highest BCUT2D eigenvalue weighted by Gasteiger charge is 2.15. The Morgan fingerprint density at radius 3 is 2.17 bits per heavy atom. The molecule has 0 unspecified atom stereocenters. The molecule has 2 N–H and O–H groups in total. The van der Waals surface area contributed by atoms with Crippen molar-refractivity contribution in [1.29, 1.82) is 0 Å². The van der Waals surface area contributed by atoms with E-state index in [1.807, 2.05) is 6.92 Å². The number of ether oxygens (including phenoxy) is 1. The lowest BCUT2D eigenvalue weighted by molar-refractivity contribution is 0.102. The van der Waals surface area contributed by atoms with E-state index in [1.54, 1.807) is 12.1 Å². The highest BCUT2D eigenvalue weighted by molar-refractivity contribution is 7.92. The third-order valence-electron chi connectivity index (χ3n) is 4.13. The Kier molecular flexibility index (Phi) is 5.84. The fraction of sp³-hybridized carbons (Fsp3) is 0.0952. The molecule has 0 aliphatic heterocycles. The minimum Gasteiger partial charge on any atom is -0.496 e. The smallest absolute Gasteiger partial charge is 0.261 e. The van der Waals surface area contributed by atoms with Gasteiger partial charge in [0.05, 0.1) is 17.6 Å². The van der Waals surface area contributed by atoms with Crippen LogP contribution in [0.2, 0.25) is 0 Å². The average Bonchev–Trinajstić information content (AvgIpc) is 2.69. The largest absolute Gasteiger partial charge is 0.496 e. The van der Waals surface area contributed by atoms with E-state index in [-0.39, 0.29) is 16.2 Å². The minimum absolute atomic E-state index is 0.0525. The molecule has 8 heteroatoms. The summed E-state index contributed by atoms with van der Waals surface area (Å²) in [5.74, 6) is -0.863. The number of anilines is 2. The maximum absolute atomic E-state index is 13.5. The topological polar surface area (TPSA) is 84.5 Å². The molecule has 0 aliphatic rings. The number of amides is 1. The Bertz CT molecular complexity index is 1130. The Labute approximate surface area is 168 Å². The number of carbonyl (C=O) groups excluding carboxylic acids is 1. The maximum atomic E-state index is 13.5. The van der Waals surface area contributed by atoms with Crippen molar-refractivity contribution in [2.24, 2.45) is 0 Å². The van der Waals surface area contributed by atoms with Crippen molar-refractivity contribution < 1.29 is 22.3 Å². The number of carbonyl (C=O) groups is 1. The number of rotatable bonds is 6. The number of halogens is 1. The summed E-state index contributed by atoms with van der Waals surface area (Å²) in [5, 5.41) is 2.63. The summed E-state index contributed by atoms with van der Waals surface area (Å²) in [5.41, 5.74) is 1.77. The second-order valence-corrected chi connectivity index (χ2v) is 7.98. The molecule has 3 rings (SSSR count). The molecular formula is C21H19FN2O4S. The summed E-state index contributed by atoms with van der Waals surface area (Å²) in [7, 11) is -2.33. The van der Waals surface area contributed by atoms with Crippen LogP contribution in [0.1, 0.15) is 15.9 Å². The van der Waals surface area contributed by atoms with E-state index in [9.17, 15) is 17.6 Å². The first-order valence-corrected chi connectivity index (χ1v) is 10.1. The lowest BCUT2D eigenvalue weighted by Gasteiger charge is -2.11. The maximum Gasteiger partial charge on any atom is 0.261 e. The normalized spacial score (nSPS) is 11.0. The molecule has 0 saturated carbocycles. The lowest BCUT2D eigenvalue weighted by atomic mass is 10.1. The SMILES string of the molecule is COc1ccc(F)cc1C(=O)Nc1ccc(NS(=O)(=O)c2ccc(C)cc2)cc1. The molecule has 0 radical (unpaired) electrons. The first-order chi connectivity index (χ1) is 13.8. The summed E-state index contributed by atoms with van der Waals surface area (Å²) < 4.78 is 45.9. The van der Waals surface area contributed by atoms with Gasteiger partial charge >= 0.3 is 0 Å². The minimum atomic E-state index is -3.72. The van der Waals surface area contributed by atoms with Gasteiger partial charge in [-0.3, -0.25) is 9.52 Å². The van der Waals surface area contributed by atoms with Crippen LogP contribution in [0.5, 0.6) is 5.75 Å². The van der Waals surface area contributed by atoms with Crippen molar-refractivity contribution in [3.8, 4) is 5.75 Å². The molecule has 0 spiro atoms. The zero-order chi connectivity index (χ0) is 21.0. The molecule has 0 heterocycles. The highest BCUT2D eigenvalue weighted by Crippen LogP contribution is 2.22. The predicted octanol–water partition coefficient (Wildman–Crippen LogP) is 4.20. The Morgan fingerprint density at radius 2 is 1.55 bits per heavy atom. The van der Waals surface area contributed by atoms with Gasteiger partial charge in [-0.15, -0.1) is 0 Å². The number of methoxy groups -OCH3 is 1. The van der Waals surface area contributed by atoms with Gasteiger partial charge in [-0.25, -0.2) is 12.8 Å². The van der Waals surface area contributed by atoms with Gasteiger partial charge < -0.3 is 10.1 Å². The van der Waals surface area contributed by atoms with Gasteiger partial charge in [-0.1, -0.05) is 17.7 Å². The second-order valence-electron chi connectivity index (χ2n) is 6.29. The highest BCUT2D eigenvalue weighted by atomic mass is 32.2. The molecule has 6 nitrogen and oxygen atoms in total. The van der Waals surface area contributed by atoms with E-state index in [4.69, 9.17) is 4.74 Å². The fourth-order valence-corrected chi connectivity index (χ4v) is 3.67. The summed E-state index contributed by atoms with van der Waals surface area (Å²) in [6.45, 7) is 1.87. The summed E-state index contributed by atoms with van der Waals surface area (Å²) in [4.78, 5) is 12.6. The Balaban J connectivity index is 1.73. The van der Waals surface area contributed by atoms with Crippen molar-refractivity contribution in [3.05, 3.63) is 83.7 Å². The molecule has 0 aromatic heterocycles. The van der Waals surface area contributed by atoms with Gasteiger partial charge in [-0.2, -0.15) is 0 Å². The third kappa shape index (κ3) is 4.91. The van der Waals surface area contributed by atoms with Gasteiger partial charge in [0, 0.05) is 11.4 Å². The van der Waals surface area contributed by atoms with Crippen molar-refractivity contribution in [3.63, 3.8) is 0 Å². The zero-order valence-electron chi connectivity index (χ0n) is 15.8. The van der Waals surface area contributed by atoms with Crippen LogP contribution >= 0.6 is 0 Å². The Morgan fingerprint density at radius 1 is 0.931 bits per heavy atom. The van der Waals surface area contributed by atoms with E-state index in [1.165, 1.54) is 55.6 Å². The van der Waals surface area contributed by atoms with Crippen LogP contribution in [0, 0.1) is 12.7 Å². The molecule has 3 aromatic rings. The van der Waals surface area contributed by atoms with Gasteiger partial charge in [0.15, 0.2) is 0 Å². The first kappa shape index (κ1) is 20.3. The predicted molar refractivity (Wildman–Crippen MR) is 109 cm³/mol. The number of aryl methyl sites for hydroxylation is 1. The van der Waals surface area contributed by atoms with Crippen LogP contribution in [0.25, 0.3) is 0 Å². The third-order valence-corrected chi connectivity index (χ3v) is 5.53. The van der Waals surface area contributed by atoms with Crippen molar-refractivity contribution in [2.75, 3.05) is 17.1 Å². The molecule has 0 aliphatic carbocycles. The number of benzene rings is 3. The number of hydrogen-bond acceptors (Lipinski definition) is 4. The van der Waals surface area contributed by atoms with Crippen LogP contribution in [0.3, 0.4) is 0 Å². The van der Waals surface area contributed by atoms with Gasteiger partial charge in [-0.05, 0) is 61.5 Å². The van der Waals surface area contributed by atoms with Crippen molar-refractivity contribution in [2.45, 2.75) is 11.8 Å². The van der Waals surface area contributed by atoms with Gasteiger partial charge in [0.25, 0.3) is 15.9 Å². The summed E-state index contributed by atoms with van der Waals surface area (Å²) >= 11 is 0. The second kappa shape index (κ2) is 8.32. The van der Waals surface area contributed by atoms with E-state index in [0.717, 1.165) is 11.6 Å². The van der Waals surface area contributed by atoms with Crippen molar-refractivity contribution >= 4 is 27.3 Å². The lowest BCUT2D eigenvalue weighted by Crippen LogP contribution is -2.14. The van der Waals surface area contributed by atoms with Crippen molar-refractivity contribution in [1.82, 2.24) is 0 Å². The average molecular weight is 414 g/mol. The molecule has 3 aromatic carbocycles. The van der Waals surface area contributed by atoms with E-state index < -0.39 is 21.7 Å². The van der Waals surface area contributed by atoms with E-state index in [2.05, 4.69) is 10.0 Å².